The fraction of sp³-hybridized carbons (Fsp3) is 0.250. The highest BCUT2D eigenvalue weighted by Crippen LogP contribution is 2.24. The van der Waals surface area contributed by atoms with Crippen LogP contribution in [0.15, 0.2) is 54.6 Å². The van der Waals surface area contributed by atoms with E-state index in [1.807, 2.05) is 18.2 Å². The van der Waals surface area contributed by atoms with E-state index in [1.165, 1.54) is 13.2 Å². The lowest BCUT2D eigenvalue weighted by molar-refractivity contribution is 0.0600. The van der Waals surface area contributed by atoms with Gasteiger partial charge in [-0.3, -0.25) is 9.59 Å². The summed E-state index contributed by atoms with van der Waals surface area (Å²) in [6, 6.07) is 14.9. The third-order valence-corrected chi connectivity index (χ3v) is 4.41. The first-order valence-electron chi connectivity index (χ1n) is 8.20. The number of Topliss-reactive ketones (excluding diaryl/α,β-unsaturated/α-hetero) is 1. The molecule has 2 aromatic carbocycles. The van der Waals surface area contributed by atoms with Crippen molar-refractivity contribution in [3.05, 3.63) is 71.3 Å². The second-order valence-corrected chi connectivity index (χ2v) is 5.96. The van der Waals surface area contributed by atoms with Crippen LogP contribution in [0.4, 0.5) is 0 Å². The van der Waals surface area contributed by atoms with Gasteiger partial charge in [-0.2, -0.15) is 0 Å². The van der Waals surface area contributed by atoms with Crippen molar-refractivity contribution in [1.29, 1.82) is 0 Å². The predicted molar refractivity (Wildman–Crippen MR) is 92.6 cm³/mol. The standard InChI is InChI=1S/C20H19NO4/c1-25-20(24)16-10-5-9-15(13-16)19(23)21-12-6-11-17(21)18(22)14-7-3-2-4-8-14/h2-5,7-10,13,17H,6,11-12H2,1H3/t17-/m0/s1. The lowest BCUT2D eigenvalue weighted by Crippen LogP contribution is -2.40. The van der Waals surface area contributed by atoms with Gasteiger partial charge in [-0.25, -0.2) is 4.79 Å². The molecule has 0 aromatic heterocycles. The van der Waals surface area contributed by atoms with Gasteiger partial charge >= 0.3 is 5.97 Å². The number of carbonyl (C=O) groups is 3. The summed E-state index contributed by atoms with van der Waals surface area (Å²) in [5, 5.41) is 0. The van der Waals surface area contributed by atoms with Gasteiger partial charge in [0.15, 0.2) is 5.78 Å². The Bertz CT molecular complexity index is 800. The number of carbonyl (C=O) groups excluding carboxylic acids is 3. The maximum atomic E-state index is 12.9. The van der Waals surface area contributed by atoms with Crippen molar-refractivity contribution in [2.75, 3.05) is 13.7 Å². The molecule has 0 aliphatic carbocycles. The maximum absolute atomic E-state index is 12.9. The number of likely N-dealkylation sites (tertiary alicyclic amines) is 1. The molecule has 128 valence electrons. The quantitative estimate of drug-likeness (QED) is 0.635. The number of hydrogen-bond donors (Lipinski definition) is 0. The Balaban J connectivity index is 1.84. The van der Waals surface area contributed by atoms with Crippen LogP contribution in [-0.4, -0.2) is 42.3 Å². The van der Waals surface area contributed by atoms with E-state index in [0.717, 1.165) is 6.42 Å². The van der Waals surface area contributed by atoms with Crippen molar-refractivity contribution in [2.45, 2.75) is 18.9 Å². The number of methoxy groups -OCH3 is 1. The molecular weight excluding hydrogens is 318 g/mol. The van der Waals surface area contributed by atoms with E-state index in [0.29, 0.717) is 29.7 Å². The highest BCUT2D eigenvalue weighted by atomic mass is 16.5. The van der Waals surface area contributed by atoms with Crippen molar-refractivity contribution >= 4 is 17.7 Å². The summed E-state index contributed by atoms with van der Waals surface area (Å²) in [5.74, 6) is -0.777. The minimum atomic E-state index is -0.493. The summed E-state index contributed by atoms with van der Waals surface area (Å²) in [7, 11) is 1.30. The molecule has 1 fully saturated rings. The zero-order valence-electron chi connectivity index (χ0n) is 14.0. The van der Waals surface area contributed by atoms with Crippen molar-refractivity contribution in [2.24, 2.45) is 0 Å². The fourth-order valence-corrected chi connectivity index (χ4v) is 3.14. The first-order chi connectivity index (χ1) is 12.1. The molecule has 0 bridgehead atoms. The molecule has 1 aliphatic heterocycles. The van der Waals surface area contributed by atoms with E-state index >= 15 is 0 Å². The summed E-state index contributed by atoms with van der Waals surface area (Å²) in [6.45, 7) is 0.532. The Labute approximate surface area is 146 Å². The Morgan fingerprint density at radius 2 is 1.64 bits per heavy atom. The van der Waals surface area contributed by atoms with Crippen LogP contribution in [0.5, 0.6) is 0 Å². The normalized spacial score (nSPS) is 16.5. The summed E-state index contributed by atoms with van der Waals surface area (Å²) in [5.41, 5.74) is 1.31. The second kappa shape index (κ2) is 7.30. The van der Waals surface area contributed by atoms with E-state index in [2.05, 4.69) is 0 Å². The van der Waals surface area contributed by atoms with Crippen LogP contribution in [-0.2, 0) is 4.74 Å². The van der Waals surface area contributed by atoms with Gasteiger partial charge in [0.2, 0.25) is 0 Å². The van der Waals surface area contributed by atoms with E-state index < -0.39 is 12.0 Å². The molecule has 5 heteroatoms. The van der Waals surface area contributed by atoms with Gasteiger partial charge < -0.3 is 9.64 Å². The Hall–Kier alpha value is -2.95. The Kier molecular flexibility index (Phi) is 4.93. The molecule has 0 spiro atoms. The predicted octanol–water partition coefficient (Wildman–Crippen LogP) is 2.96. The summed E-state index contributed by atoms with van der Waals surface area (Å²) in [4.78, 5) is 38.9. The van der Waals surface area contributed by atoms with E-state index in [-0.39, 0.29) is 11.7 Å². The van der Waals surface area contributed by atoms with Crippen molar-refractivity contribution < 1.29 is 19.1 Å². The zero-order valence-corrected chi connectivity index (χ0v) is 14.0. The molecule has 0 N–H and O–H groups in total. The average molecular weight is 337 g/mol. The third kappa shape index (κ3) is 3.45. The highest BCUT2D eigenvalue weighted by Gasteiger charge is 2.35. The van der Waals surface area contributed by atoms with Gasteiger partial charge in [-0.05, 0) is 31.0 Å². The molecule has 3 rings (SSSR count). The van der Waals surface area contributed by atoms with Gasteiger partial charge in [0.1, 0.15) is 0 Å². The number of rotatable bonds is 4. The lowest BCUT2D eigenvalue weighted by atomic mass is 10.0. The molecule has 1 saturated heterocycles. The Morgan fingerprint density at radius 3 is 2.36 bits per heavy atom. The minimum absolute atomic E-state index is 0.0458. The largest absolute Gasteiger partial charge is 0.465 e. The molecule has 1 heterocycles. The third-order valence-electron chi connectivity index (χ3n) is 4.41. The molecular formula is C20H19NO4. The van der Waals surface area contributed by atoms with Gasteiger partial charge in [0, 0.05) is 17.7 Å². The molecule has 2 aromatic rings. The average Bonchev–Trinajstić information content (AvgIpc) is 3.16. The zero-order chi connectivity index (χ0) is 17.8. The highest BCUT2D eigenvalue weighted by molar-refractivity contribution is 6.05. The number of hydrogen-bond acceptors (Lipinski definition) is 4. The number of nitrogens with zero attached hydrogens (tertiary/aromatic N) is 1. The van der Waals surface area contributed by atoms with Gasteiger partial charge in [-0.1, -0.05) is 36.4 Å². The summed E-state index contributed by atoms with van der Waals surface area (Å²) >= 11 is 0. The van der Waals surface area contributed by atoms with E-state index in [4.69, 9.17) is 4.74 Å². The van der Waals surface area contributed by atoms with Crippen molar-refractivity contribution in [3.8, 4) is 0 Å². The topological polar surface area (TPSA) is 63.7 Å². The van der Waals surface area contributed by atoms with Crippen LogP contribution in [0.3, 0.4) is 0 Å². The Morgan fingerprint density at radius 1 is 0.960 bits per heavy atom. The smallest absolute Gasteiger partial charge is 0.337 e. The van der Waals surface area contributed by atoms with Crippen molar-refractivity contribution in [1.82, 2.24) is 4.90 Å². The second-order valence-electron chi connectivity index (χ2n) is 5.96. The molecule has 0 radical (unpaired) electrons. The van der Waals surface area contributed by atoms with Crippen LogP contribution in [0.1, 0.15) is 43.9 Å². The summed E-state index contributed by atoms with van der Waals surface area (Å²) < 4.78 is 4.70. The molecule has 0 saturated carbocycles. The molecule has 1 amide bonds. The minimum Gasteiger partial charge on any atom is -0.465 e. The fourth-order valence-electron chi connectivity index (χ4n) is 3.14. The molecule has 25 heavy (non-hydrogen) atoms. The summed E-state index contributed by atoms with van der Waals surface area (Å²) in [6.07, 6.45) is 1.43. The first kappa shape index (κ1) is 16.9. The van der Waals surface area contributed by atoms with E-state index in [9.17, 15) is 14.4 Å². The monoisotopic (exact) mass is 337 g/mol. The van der Waals surface area contributed by atoms with Crippen LogP contribution in [0, 0.1) is 0 Å². The van der Waals surface area contributed by atoms with Crippen LogP contribution in [0.25, 0.3) is 0 Å². The van der Waals surface area contributed by atoms with Gasteiger partial charge in [0.05, 0.1) is 18.7 Å². The number of esters is 1. The van der Waals surface area contributed by atoms with Crippen LogP contribution in [0.2, 0.25) is 0 Å². The number of benzene rings is 2. The molecule has 5 nitrogen and oxygen atoms in total. The SMILES string of the molecule is COC(=O)c1cccc(C(=O)N2CCC[C@H]2C(=O)c2ccccc2)c1. The number of ether oxygens (including phenoxy) is 1. The van der Waals surface area contributed by atoms with Crippen molar-refractivity contribution in [3.63, 3.8) is 0 Å². The van der Waals surface area contributed by atoms with Gasteiger partial charge in [0.25, 0.3) is 5.91 Å². The van der Waals surface area contributed by atoms with Gasteiger partial charge in [-0.15, -0.1) is 0 Å². The molecule has 1 atom stereocenters. The van der Waals surface area contributed by atoms with Crippen LogP contribution >= 0.6 is 0 Å². The number of amides is 1. The molecule has 0 unspecified atom stereocenters. The van der Waals surface area contributed by atoms with Crippen LogP contribution < -0.4 is 0 Å². The maximum Gasteiger partial charge on any atom is 0.337 e. The number of ketones is 1. The lowest BCUT2D eigenvalue weighted by Gasteiger charge is -2.24. The van der Waals surface area contributed by atoms with E-state index in [1.54, 1.807) is 35.2 Å². The first-order valence-corrected chi connectivity index (χ1v) is 8.20. The molecule has 1 aliphatic rings.